The van der Waals surface area contributed by atoms with Crippen LogP contribution in [0.1, 0.15) is 31.5 Å². The molecule has 178 valence electrons. The standard InChI is InChI=1S/C25H33N3O5/c1-4-31-23(25(29)32-5-2)18-19-6-8-21(9-7-19)33-17-16-28-14-12-20(13-15-28)22-10-11-24(30-3)27-26-22/h6-12,23H,4-5,13-18H2,1-3H3. The summed E-state index contributed by atoms with van der Waals surface area (Å²) in [4.78, 5) is 14.4. The molecule has 0 radical (unpaired) electrons. The van der Waals surface area contributed by atoms with Crippen molar-refractivity contribution in [3.8, 4) is 11.6 Å². The third-order valence-corrected chi connectivity index (χ3v) is 5.41. The molecule has 1 aromatic heterocycles. The summed E-state index contributed by atoms with van der Waals surface area (Å²) in [6, 6.07) is 11.6. The van der Waals surface area contributed by atoms with Gasteiger partial charge >= 0.3 is 5.97 Å². The van der Waals surface area contributed by atoms with Crippen LogP contribution < -0.4 is 9.47 Å². The first-order chi connectivity index (χ1) is 16.1. The first-order valence-electron chi connectivity index (χ1n) is 11.4. The van der Waals surface area contributed by atoms with Gasteiger partial charge in [-0.2, -0.15) is 0 Å². The topological polar surface area (TPSA) is 83.0 Å². The maximum Gasteiger partial charge on any atom is 0.335 e. The van der Waals surface area contributed by atoms with E-state index in [4.69, 9.17) is 18.9 Å². The van der Waals surface area contributed by atoms with Crippen molar-refractivity contribution in [3.05, 3.63) is 53.7 Å². The highest BCUT2D eigenvalue weighted by atomic mass is 16.6. The number of esters is 1. The molecule has 8 heteroatoms. The zero-order valence-electron chi connectivity index (χ0n) is 19.7. The number of benzene rings is 1. The van der Waals surface area contributed by atoms with Crippen LogP contribution in [0, 0.1) is 0 Å². The first kappa shape index (κ1) is 24.7. The molecule has 1 aromatic carbocycles. The van der Waals surface area contributed by atoms with Crippen LogP contribution in [-0.2, 0) is 20.7 Å². The van der Waals surface area contributed by atoms with E-state index in [0.29, 0.717) is 32.1 Å². The van der Waals surface area contributed by atoms with Crippen molar-refractivity contribution in [2.75, 3.05) is 46.6 Å². The zero-order valence-corrected chi connectivity index (χ0v) is 19.7. The number of carbonyl (C=O) groups excluding carboxylic acids is 1. The molecule has 0 spiro atoms. The van der Waals surface area contributed by atoms with E-state index in [0.717, 1.165) is 43.1 Å². The smallest absolute Gasteiger partial charge is 0.335 e. The van der Waals surface area contributed by atoms with Crippen LogP contribution in [0.25, 0.3) is 5.57 Å². The van der Waals surface area contributed by atoms with Crippen molar-refractivity contribution in [1.29, 1.82) is 0 Å². The Morgan fingerprint density at radius 1 is 1.09 bits per heavy atom. The Kier molecular flexibility index (Phi) is 9.65. The molecule has 1 unspecified atom stereocenters. The lowest BCUT2D eigenvalue weighted by Gasteiger charge is -2.25. The quantitative estimate of drug-likeness (QED) is 0.452. The second kappa shape index (κ2) is 12.9. The summed E-state index contributed by atoms with van der Waals surface area (Å²) in [6.07, 6.45) is 3.03. The Morgan fingerprint density at radius 3 is 2.52 bits per heavy atom. The van der Waals surface area contributed by atoms with Crippen LogP contribution in [0.2, 0.25) is 0 Å². The van der Waals surface area contributed by atoms with Gasteiger partial charge in [-0.25, -0.2) is 4.79 Å². The van der Waals surface area contributed by atoms with Gasteiger partial charge in [0, 0.05) is 38.7 Å². The molecular weight excluding hydrogens is 422 g/mol. The van der Waals surface area contributed by atoms with E-state index in [1.807, 2.05) is 43.3 Å². The van der Waals surface area contributed by atoms with Gasteiger partial charge in [-0.05, 0) is 49.6 Å². The summed E-state index contributed by atoms with van der Waals surface area (Å²) in [5.74, 6) is 1.01. The molecule has 0 N–H and O–H groups in total. The van der Waals surface area contributed by atoms with Crippen LogP contribution in [0.4, 0.5) is 0 Å². The van der Waals surface area contributed by atoms with E-state index in [-0.39, 0.29) is 5.97 Å². The van der Waals surface area contributed by atoms with Gasteiger partial charge in [0.25, 0.3) is 0 Å². The summed E-state index contributed by atoms with van der Waals surface area (Å²) in [5.41, 5.74) is 3.12. The minimum absolute atomic E-state index is 0.322. The number of carbonyl (C=O) groups is 1. The lowest BCUT2D eigenvalue weighted by Crippen LogP contribution is -2.32. The zero-order chi connectivity index (χ0) is 23.5. The Bertz CT molecular complexity index is 899. The normalized spacial score (nSPS) is 14.9. The van der Waals surface area contributed by atoms with Crippen LogP contribution >= 0.6 is 0 Å². The Morgan fingerprint density at radius 2 is 1.91 bits per heavy atom. The molecule has 2 aromatic rings. The predicted octanol–water partition coefficient (Wildman–Crippen LogP) is 3.16. The molecule has 1 atom stereocenters. The van der Waals surface area contributed by atoms with Gasteiger partial charge in [0.15, 0.2) is 6.10 Å². The fourth-order valence-electron chi connectivity index (χ4n) is 3.62. The van der Waals surface area contributed by atoms with Crippen LogP contribution in [0.15, 0.2) is 42.5 Å². The molecule has 33 heavy (non-hydrogen) atoms. The van der Waals surface area contributed by atoms with E-state index >= 15 is 0 Å². The molecule has 0 saturated heterocycles. The SMILES string of the molecule is CCOC(=O)C(Cc1ccc(OCCN2CC=C(c3ccc(OC)nn3)CC2)cc1)OCC. The third kappa shape index (κ3) is 7.54. The van der Waals surface area contributed by atoms with Crippen molar-refractivity contribution in [2.45, 2.75) is 32.8 Å². The van der Waals surface area contributed by atoms with Gasteiger partial charge in [-0.1, -0.05) is 18.2 Å². The third-order valence-electron chi connectivity index (χ3n) is 5.41. The second-order valence-electron chi connectivity index (χ2n) is 7.63. The Labute approximate surface area is 195 Å². The minimum Gasteiger partial charge on any atom is -0.492 e. The summed E-state index contributed by atoms with van der Waals surface area (Å²) >= 11 is 0. The van der Waals surface area contributed by atoms with E-state index in [1.54, 1.807) is 14.0 Å². The highest BCUT2D eigenvalue weighted by Gasteiger charge is 2.20. The second-order valence-corrected chi connectivity index (χ2v) is 7.63. The molecule has 8 nitrogen and oxygen atoms in total. The van der Waals surface area contributed by atoms with E-state index < -0.39 is 6.10 Å². The van der Waals surface area contributed by atoms with Crippen molar-refractivity contribution in [3.63, 3.8) is 0 Å². The molecule has 3 rings (SSSR count). The average Bonchev–Trinajstić information content (AvgIpc) is 2.85. The van der Waals surface area contributed by atoms with Crippen molar-refractivity contribution < 1.29 is 23.7 Å². The van der Waals surface area contributed by atoms with Gasteiger partial charge in [0.2, 0.25) is 5.88 Å². The summed E-state index contributed by atoms with van der Waals surface area (Å²) in [7, 11) is 1.59. The van der Waals surface area contributed by atoms with Gasteiger partial charge in [0.05, 0.1) is 19.4 Å². The fourth-order valence-corrected chi connectivity index (χ4v) is 3.62. The highest BCUT2D eigenvalue weighted by molar-refractivity contribution is 5.75. The van der Waals surface area contributed by atoms with E-state index in [1.165, 1.54) is 5.57 Å². The first-order valence-corrected chi connectivity index (χ1v) is 11.4. The number of methoxy groups -OCH3 is 1. The van der Waals surface area contributed by atoms with Gasteiger partial charge in [-0.3, -0.25) is 4.90 Å². The molecule has 1 aliphatic heterocycles. The molecule has 0 bridgehead atoms. The molecule has 2 heterocycles. The molecular formula is C25H33N3O5. The van der Waals surface area contributed by atoms with Crippen LogP contribution in [0.3, 0.4) is 0 Å². The average molecular weight is 456 g/mol. The Hall–Kier alpha value is -2.97. The maximum atomic E-state index is 12.0. The number of aromatic nitrogens is 2. The molecule has 0 amide bonds. The monoisotopic (exact) mass is 455 g/mol. The maximum absolute atomic E-state index is 12.0. The van der Waals surface area contributed by atoms with Crippen LogP contribution in [-0.4, -0.2) is 73.7 Å². The molecule has 1 aliphatic rings. The predicted molar refractivity (Wildman–Crippen MR) is 125 cm³/mol. The molecule has 0 fully saturated rings. The minimum atomic E-state index is -0.581. The van der Waals surface area contributed by atoms with E-state index in [9.17, 15) is 4.79 Å². The van der Waals surface area contributed by atoms with Crippen molar-refractivity contribution in [1.82, 2.24) is 15.1 Å². The van der Waals surface area contributed by atoms with Gasteiger partial charge < -0.3 is 18.9 Å². The number of nitrogens with zero attached hydrogens (tertiary/aromatic N) is 3. The fraction of sp³-hybridized carbons (Fsp3) is 0.480. The van der Waals surface area contributed by atoms with Crippen LogP contribution in [0.5, 0.6) is 11.6 Å². The number of rotatable bonds is 12. The number of hydrogen-bond acceptors (Lipinski definition) is 8. The Balaban J connectivity index is 1.42. The number of ether oxygens (including phenoxy) is 4. The van der Waals surface area contributed by atoms with Crippen molar-refractivity contribution >= 4 is 11.5 Å². The van der Waals surface area contributed by atoms with Gasteiger partial charge in [0.1, 0.15) is 12.4 Å². The number of hydrogen-bond donors (Lipinski definition) is 0. The highest BCUT2D eigenvalue weighted by Crippen LogP contribution is 2.21. The van der Waals surface area contributed by atoms with E-state index in [2.05, 4.69) is 21.2 Å². The van der Waals surface area contributed by atoms with Gasteiger partial charge in [-0.15, -0.1) is 10.2 Å². The molecule has 0 aliphatic carbocycles. The summed E-state index contributed by atoms with van der Waals surface area (Å²) in [6.45, 7) is 7.73. The largest absolute Gasteiger partial charge is 0.492 e. The molecule has 0 saturated carbocycles. The van der Waals surface area contributed by atoms with Crippen molar-refractivity contribution in [2.24, 2.45) is 0 Å². The summed E-state index contributed by atoms with van der Waals surface area (Å²) < 4.78 is 21.6. The lowest BCUT2D eigenvalue weighted by molar-refractivity contribution is -0.156. The lowest BCUT2D eigenvalue weighted by atomic mass is 10.0. The summed E-state index contributed by atoms with van der Waals surface area (Å²) in [5, 5.41) is 8.28.